The summed E-state index contributed by atoms with van der Waals surface area (Å²) in [6, 6.07) is 0.815. The highest BCUT2D eigenvalue weighted by Crippen LogP contribution is 2.47. The van der Waals surface area contributed by atoms with E-state index in [1.54, 1.807) is 0 Å². The molecule has 2 atom stereocenters. The quantitative estimate of drug-likeness (QED) is 0.668. The average molecular weight is 213 g/mol. The third kappa shape index (κ3) is 1.61. The van der Waals surface area contributed by atoms with Gasteiger partial charge in [0.25, 0.3) is 0 Å². The van der Waals surface area contributed by atoms with Crippen molar-refractivity contribution in [1.29, 1.82) is 0 Å². The SMILES string of the molecule is CCNC(=S)N1CC2C(C1)C2N(C)C. The molecule has 0 spiro atoms. The zero-order valence-corrected chi connectivity index (χ0v) is 9.97. The Balaban J connectivity index is 1.81. The molecular formula is C10H19N3S. The maximum absolute atomic E-state index is 5.29. The van der Waals surface area contributed by atoms with Gasteiger partial charge in [-0.2, -0.15) is 0 Å². The van der Waals surface area contributed by atoms with Crippen LogP contribution in [0.25, 0.3) is 0 Å². The number of rotatable bonds is 2. The Labute approximate surface area is 91.4 Å². The molecule has 4 heteroatoms. The molecule has 14 heavy (non-hydrogen) atoms. The van der Waals surface area contributed by atoms with Crippen LogP contribution in [0.2, 0.25) is 0 Å². The summed E-state index contributed by atoms with van der Waals surface area (Å²) in [5, 5.41) is 4.16. The molecular weight excluding hydrogens is 194 g/mol. The maximum atomic E-state index is 5.29. The molecule has 1 saturated heterocycles. The fourth-order valence-electron chi connectivity index (χ4n) is 2.69. The highest BCUT2D eigenvalue weighted by Gasteiger charge is 2.57. The molecule has 80 valence electrons. The molecule has 2 aliphatic rings. The third-order valence-electron chi connectivity index (χ3n) is 3.36. The van der Waals surface area contributed by atoms with E-state index in [9.17, 15) is 0 Å². The largest absolute Gasteiger partial charge is 0.363 e. The Hall–Kier alpha value is -0.350. The standard InChI is InChI=1S/C10H19N3S/c1-4-11-10(14)13-5-7-8(6-13)9(7)12(2)3/h7-9H,4-6H2,1-3H3,(H,11,14). The van der Waals surface area contributed by atoms with E-state index in [2.05, 4.69) is 36.1 Å². The molecule has 1 N–H and O–H groups in total. The van der Waals surface area contributed by atoms with Gasteiger partial charge in [-0.3, -0.25) is 0 Å². The van der Waals surface area contributed by atoms with Crippen molar-refractivity contribution in [3.8, 4) is 0 Å². The minimum Gasteiger partial charge on any atom is -0.363 e. The van der Waals surface area contributed by atoms with Crippen molar-refractivity contribution in [2.75, 3.05) is 33.7 Å². The van der Waals surface area contributed by atoms with Crippen molar-refractivity contribution in [2.45, 2.75) is 13.0 Å². The van der Waals surface area contributed by atoms with E-state index >= 15 is 0 Å². The van der Waals surface area contributed by atoms with Crippen molar-refractivity contribution in [2.24, 2.45) is 11.8 Å². The zero-order valence-electron chi connectivity index (χ0n) is 9.16. The van der Waals surface area contributed by atoms with E-state index < -0.39 is 0 Å². The number of likely N-dealkylation sites (tertiary alicyclic amines) is 1. The normalized spacial score (nSPS) is 34.6. The summed E-state index contributed by atoms with van der Waals surface area (Å²) in [5.41, 5.74) is 0. The molecule has 3 nitrogen and oxygen atoms in total. The molecule has 0 amide bonds. The minimum absolute atomic E-state index is 0.815. The van der Waals surface area contributed by atoms with Gasteiger partial charge >= 0.3 is 0 Å². The molecule has 1 heterocycles. The number of thiocarbonyl (C=S) groups is 1. The highest BCUT2D eigenvalue weighted by atomic mass is 32.1. The van der Waals surface area contributed by atoms with Crippen LogP contribution in [-0.2, 0) is 0 Å². The van der Waals surface area contributed by atoms with Crippen LogP contribution in [0.3, 0.4) is 0 Å². The second-order valence-corrected chi connectivity index (χ2v) is 4.91. The van der Waals surface area contributed by atoms with E-state index in [0.717, 1.165) is 42.6 Å². The first-order valence-corrected chi connectivity index (χ1v) is 5.75. The fourth-order valence-corrected chi connectivity index (χ4v) is 2.98. The summed E-state index contributed by atoms with van der Waals surface area (Å²) in [7, 11) is 4.35. The lowest BCUT2D eigenvalue weighted by molar-refractivity contribution is 0.311. The molecule has 0 bridgehead atoms. The monoisotopic (exact) mass is 213 g/mol. The third-order valence-corrected chi connectivity index (χ3v) is 3.76. The predicted octanol–water partition coefficient (Wildman–Crippen LogP) is 0.373. The number of nitrogens with zero attached hydrogens (tertiary/aromatic N) is 2. The second-order valence-electron chi connectivity index (χ2n) is 4.52. The summed E-state index contributed by atoms with van der Waals surface area (Å²) >= 11 is 5.29. The van der Waals surface area contributed by atoms with Crippen molar-refractivity contribution < 1.29 is 0 Å². The zero-order chi connectivity index (χ0) is 10.3. The molecule has 0 aromatic heterocycles. The summed E-state index contributed by atoms with van der Waals surface area (Å²) in [5.74, 6) is 1.73. The smallest absolute Gasteiger partial charge is 0.168 e. The predicted molar refractivity (Wildman–Crippen MR) is 62.3 cm³/mol. The Morgan fingerprint density at radius 2 is 2.00 bits per heavy atom. The van der Waals surface area contributed by atoms with Gasteiger partial charge in [-0.05, 0) is 45.1 Å². The first-order valence-electron chi connectivity index (χ1n) is 5.34. The molecule has 2 rings (SSSR count). The van der Waals surface area contributed by atoms with Crippen molar-refractivity contribution >= 4 is 17.3 Å². The maximum Gasteiger partial charge on any atom is 0.168 e. The van der Waals surface area contributed by atoms with Gasteiger partial charge in [0.1, 0.15) is 0 Å². The van der Waals surface area contributed by atoms with Crippen molar-refractivity contribution in [3.63, 3.8) is 0 Å². The first kappa shape index (κ1) is 10.2. The van der Waals surface area contributed by atoms with Gasteiger partial charge < -0.3 is 15.1 Å². The van der Waals surface area contributed by atoms with Gasteiger partial charge in [0, 0.05) is 25.7 Å². The summed E-state index contributed by atoms with van der Waals surface area (Å²) in [4.78, 5) is 4.66. The number of fused-ring (bicyclic) bond motifs is 1. The van der Waals surface area contributed by atoms with E-state index in [-0.39, 0.29) is 0 Å². The fraction of sp³-hybridized carbons (Fsp3) is 0.900. The summed E-state index contributed by atoms with van der Waals surface area (Å²) < 4.78 is 0. The van der Waals surface area contributed by atoms with Crippen molar-refractivity contribution in [1.82, 2.24) is 15.1 Å². The molecule has 0 radical (unpaired) electrons. The minimum atomic E-state index is 0.815. The van der Waals surface area contributed by atoms with Crippen LogP contribution >= 0.6 is 12.2 Å². The Morgan fingerprint density at radius 1 is 1.43 bits per heavy atom. The van der Waals surface area contributed by atoms with Crippen LogP contribution < -0.4 is 5.32 Å². The van der Waals surface area contributed by atoms with Crippen LogP contribution in [0.4, 0.5) is 0 Å². The van der Waals surface area contributed by atoms with Gasteiger partial charge in [0.2, 0.25) is 0 Å². The van der Waals surface area contributed by atoms with Gasteiger partial charge in [0.15, 0.2) is 5.11 Å². The van der Waals surface area contributed by atoms with Crippen LogP contribution in [-0.4, -0.2) is 54.7 Å². The first-order chi connectivity index (χ1) is 6.65. The number of piperidine rings is 1. The Bertz CT molecular complexity index is 230. The topological polar surface area (TPSA) is 18.5 Å². The lowest BCUT2D eigenvalue weighted by atomic mass is 10.4. The van der Waals surface area contributed by atoms with Gasteiger partial charge in [-0.15, -0.1) is 0 Å². The highest BCUT2D eigenvalue weighted by molar-refractivity contribution is 7.80. The van der Waals surface area contributed by atoms with Crippen LogP contribution in [0.15, 0.2) is 0 Å². The van der Waals surface area contributed by atoms with E-state index in [1.165, 1.54) is 0 Å². The van der Waals surface area contributed by atoms with Gasteiger partial charge in [-0.25, -0.2) is 0 Å². The Kier molecular flexibility index (Phi) is 2.66. The molecule has 1 saturated carbocycles. The molecule has 0 aromatic rings. The molecule has 0 aromatic carbocycles. The number of nitrogens with one attached hydrogen (secondary N) is 1. The van der Waals surface area contributed by atoms with Crippen LogP contribution in [0, 0.1) is 11.8 Å². The molecule has 1 aliphatic heterocycles. The van der Waals surface area contributed by atoms with Crippen LogP contribution in [0.5, 0.6) is 0 Å². The van der Waals surface area contributed by atoms with Crippen molar-refractivity contribution in [3.05, 3.63) is 0 Å². The summed E-state index contributed by atoms with van der Waals surface area (Å²) in [6.45, 7) is 5.33. The van der Waals surface area contributed by atoms with Gasteiger partial charge in [0.05, 0.1) is 0 Å². The molecule has 1 aliphatic carbocycles. The van der Waals surface area contributed by atoms with E-state index in [0.29, 0.717) is 0 Å². The van der Waals surface area contributed by atoms with Crippen LogP contribution in [0.1, 0.15) is 6.92 Å². The average Bonchev–Trinajstić information content (AvgIpc) is 2.63. The van der Waals surface area contributed by atoms with E-state index in [4.69, 9.17) is 12.2 Å². The Morgan fingerprint density at radius 3 is 2.43 bits per heavy atom. The van der Waals surface area contributed by atoms with Gasteiger partial charge in [-0.1, -0.05) is 0 Å². The van der Waals surface area contributed by atoms with E-state index in [1.807, 2.05) is 0 Å². The summed E-state index contributed by atoms with van der Waals surface area (Å²) in [6.07, 6.45) is 0. The molecule has 2 unspecified atom stereocenters. The lowest BCUT2D eigenvalue weighted by Gasteiger charge is -2.24. The number of hydrogen-bond donors (Lipinski definition) is 1. The lowest BCUT2D eigenvalue weighted by Crippen LogP contribution is -2.41. The second kappa shape index (κ2) is 3.66. The number of hydrogen-bond acceptors (Lipinski definition) is 2. The molecule has 2 fully saturated rings.